The number of benzene rings is 1. The minimum atomic E-state index is -0.176. The molecule has 1 heterocycles. The van der Waals surface area contributed by atoms with E-state index in [4.69, 9.17) is 11.5 Å². The third kappa shape index (κ3) is 2.19. The van der Waals surface area contributed by atoms with Gasteiger partial charge in [-0.2, -0.15) is 15.0 Å². The van der Waals surface area contributed by atoms with Crippen molar-refractivity contribution in [1.82, 2.24) is 15.0 Å². The van der Waals surface area contributed by atoms with Crippen molar-refractivity contribution in [3.63, 3.8) is 0 Å². The largest absolute Gasteiger partial charge is 0.368 e. The summed E-state index contributed by atoms with van der Waals surface area (Å²) in [6.45, 7) is 0. The van der Waals surface area contributed by atoms with Gasteiger partial charge >= 0.3 is 0 Å². The Balaban J connectivity index is 2.15. The molecule has 1 saturated carbocycles. The van der Waals surface area contributed by atoms with Crippen LogP contribution in [0.25, 0.3) is 0 Å². The Morgan fingerprint density at radius 2 is 1.40 bits per heavy atom. The summed E-state index contributed by atoms with van der Waals surface area (Å²) < 4.78 is 0. The fourth-order valence-corrected chi connectivity index (χ4v) is 3.18. The quantitative estimate of drug-likeness (QED) is 0.872. The molecular weight excluding hydrogens is 250 g/mol. The van der Waals surface area contributed by atoms with Gasteiger partial charge in [-0.3, -0.25) is 0 Å². The van der Waals surface area contributed by atoms with E-state index in [1.165, 1.54) is 24.8 Å². The first-order valence-electron chi connectivity index (χ1n) is 7.04. The van der Waals surface area contributed by atoms with Gasteiger partial charge in [0.15, 0.2) is 0 Å². The average Bonchev–Trinajstić information content (AvgIpc) is 2.48. The van der Waals surface area contributed by atoms with E-state index in [0.29, 0.717) is 5.82 Å². The summed E-state index contributed by atoms with van der Waals surface area (Å²) in [7, 11) is 0. The molecule has 0 amide bonds. The molecule has 0 bridgehead atoms. The Bertz CT molecular complexity index is 570. The Labute approximate surface area is 118 Å². The van der Waals surface area contributed by atoms with Crippen molar-refractivity contribution in [3.8, 4) is 0 Å². The van der Waals surface area contributed by atoms with Gasteiger partial charge in [-0.15, -0.1) is 0 Å². The van der Waals surface area contributed by atoms with Crippen LogP contribution in [0.4, 0.5) is 11.9 Å². The summed E-state index contributed by atoms with van der Waals surface area (Å²) in [6.07, 6.45) is 5.64. The number of nitrogens with zero attached hydrogens (tertiary/aromatic N) is 3. The standard InChI is InChI=1S/C15H19N5/c16-13-18-12(19-14(17)20-13)15(9-5-2-6-10-15)11-7-3-1-4-8-11/h1,3-4,7-8H,2,5-6,9-10H2,(H4,16,17,18,19,20). The number of rotatable bonds is 2. The van der Waals surface area contributed by atoms with Crippen LogP contribution in [-0.4, -0.2) is 15.0 Å². The van der Waals surface area contributed by atoms with E-state index >= 15 is 0 Å². The van der Waals surface area contributed by atoms with E-state index in [1.54, 1.807) is 0 Å². The van der Waals surface area contributed by atoms with E-state index in [9.17, 15) is 0 Å². The van der Waals surface area contributed by atoms with Gasteiger partial charge in [0.2, 0.25) is 11.9 Å². The number of aromatic nitrogens is 3. The Kier molecular flexibility index (Phi) is 3.26. The van der Waals surface area contributed by atoms with Crippen LogP contribution in [0.3, 0.4) is 0 Å². The molecule has 4 N–H and O–H groups in total. The lowest BCUT2D eigenvalue weighted by Gasteiger charge is -2.36. The smallest absolute Gasteiger partial charge is 0.225 e. The van der Waals surface area contributed by atoms with Gasteiger partial charge in [0.05, 0.1) is 5.41 Å². The van der Waals surface area contributed by atoms with Gasteiger partial charge in [-0.05, 0) is 18.4 Å². The van der Waals surface area contributed by atoms with Gasteiger partial charge in [0.1, 0.15) is 5.82 Å². The average molecular weight is 269 g/mol. The summed E-state index contributed by atoms with van der Waals surface area (Å²) in [5, 5.41) is 0. The summed E-state index contributed by atoms with van der Waals surface area (Å²) in [4.78, 5) is 12.7. The number of nitrogens with two attached hydrogens (primary N) is 2. The fraction of sp³-hybridized carbons (Fsp3) is 0.400. The second-order valence-corrected chi connectivity index (χ2v) is 5.38. The molecular formula is C15H19N5. The maximum absolute atomic E-state index is 5.76. The molecule has 1 aromatic carbocycles. The second-order valence-electron chi connectivity index (χ2n) is 5.38. The van der Waals surface area contributed by atoms with Crippen LogP contribution in [0.15, 0.2) is 30.3 Å². The molecule has 1 aliphatic carbocycles. The molecule has 104 valence electrons. The topological polar surface area (TPSA) is 90.7 Å². The van der Waals surface area contributed by atoms with Crippen LogP contribution in [0, 0.1) is 0 Å². The van der Waals surface area contributed by atoms with E-state index in [2.05, 4.69) is 39.2 Å². The molecule has 0 unspecified atom stereocenters. The lowest BCUT2D eigenvalue weighted by Crippen LogP contribution is -2.33. The SMILES string of the molecule is Nc1nc(N)nc(C2(c3ccccc3)CCCCC2)n1. The Morgan fingerprint density at radius 1 is 0.800 bits per heavy atom. The van der Waals surface area contributed by atoms with Crippen LogP contribution in [0.2, 0.25) is 0 Å². The second kappa shape index (κ2) is 5.07. The summed E-state index contributed by atoms with van der Waals surface area (Å²) >= 11 is 0. The van der Waals surface area contributed by atoms with Crippen LogP contribution >= 0.6 is 0 Å². The maximum Gasteiger partial charge on any atom is 0.225 e. The lowest BCUT2D eigenvalue weighted by molar-refractivity contribution is 0.330. The van der Waals surface area contributed by atoms with Gasteiger partial charge in [0.25, 0.3) is 0 Å². The first kappa shape index (κ1) is 12.8. The monoisotopic (exact) mass is 269 g/mol. The molecule has 2 aromatic rings. The minimum Gasteiger partial charge on any atom is -0.368 e. The highest BCUT2D eigenvalue weighted by Crippen LogP contribution is 2.43. The summed E-state index contributed by atoms with van der Waals surface area (Å²) in [5.74, 6) is 1.12. The molecule has 3 rings (SSSR count). The summed E-state index contributed by atoms with van der Waals surface area (Å²) in [6, 6.07) is 10.4. The molecule has 0 saturated heterocycles. The lowest BCUT2D eigenvalue weighted by atomic mass is 9.69. The minimum absolute atomic E-state index is 0.176. The highest BCUT2D eigenvalue weighted by molar-refractivity contribution is 5.37. The first-order valence-corrected chi connectivity index (χ1v) is 7.04. The molecule has 5 nitrogen and oxygen atoms in total. The fourth-order valence-electron chi connectivity index (χ4n) is 3.18. The van der Waals surface area contributed by atoms with Crippen molar-refractivity contribution >= 4 is 11.9 Å². The number of anilines is 2. The Morgan fingerprint density at radius 3 is 2.00 bits per heavy atom. The zero-order valence-electron chi connectivity index (χ0n) is 11.4. The predicted octanol–water partition coefficient (Wildman–Crippen LogP) is 2.29. The normalized spacial score (nSPS) is 17.8. The Hall–Kier alpha value is -2.17. The molecule has 1 aromatic heterocycles. The van der Waals surface area contributed by atoms with Gasteiger partial charge in [-0.25, -0.2) is 0 Å². The number of nitrogen functional groups attached to an aromatic ring is 2. The van der Waals surface area contributed by atoms with Crippen molar-refractivity contribution in [2.45, 2.75) is 37.5 Å². The predicted molar refractivity (Wildman–Crippen MR) is 79.0 cm³/mol. The third-order valence-corrected chi connectivity index (χ3v) is 4.13. The molecule has 0 aliphatic heterocycles. The van der Waals surface area contributed by atoms with Crippen LogP contribution in [0.1, 0.15) is 43.5 Å². The molecule has 0 atom stereocenters. The van der Waals surface area contributed by atoms with Crippen LogP contribution in [-0.2, 0) is 5.41 Å². The zero-order valence-corrected chi connectivity index (χ0v) is 11.4. The molecule has 0 spiro atoms. The van der Waals surface area contributed by atoms with Crippen molar-refractivity contribution in [1.29, 1.82) is 0 Å². The molecule has 0 radical (unpaired) electrons. The first-order chi connectivity index (χ1) is 9.71. The molecule has 1 fully saturated rings. The number of hydrogen-bond acceptors (Lipinski definition) is 5. The van der Waals surface area contributed by atoms with E-state index in [0.717, 1.165) is 12.8 Å². The third-order valence-electron chi connectivity index (χ3n) is 4.13. The van der Waals surface area contributed by atoms with Crippen molar-refractivity contribution in [2.75, 3.05) is 11.5 Å². The van der Waals surface area contributed by atoms with Gasteiger partial charge in [0, 0.05) is 0 Å². The maximum atomic E-state index is 5.76. The highest BCUT2D eigenvalue weighted by Gasteiger charge is 2.38. The van der Waals surface area contributed by atoms with Crippen molar-refractivity contribution in [2.24, 2.45) is 0 Å². The zero-order chi connectivity index (χ0) is 14.0. The molecule has 20 heavy (non-hydrogen) atoms. The van der Waals surface area contributed by atoms with Crippen LogP contribution in [0.5, 0.6) is 0 Å². The van der Waals surface area contributed by atoms with Crippen LogP contribution < -0.4 is 11.5 Å². The van der Waals surface area contributed by atoms with Gasteiger partial charge in [-0.1, -0.05) is 49.6 Å². The van der Waals surface area contributed by atoms with Gasteiger partial charge < -0.3 is 11.5 Å². The number of hydrogen-bond donors (Lipinski definition) is 2. The molecule has 5 heteroatoms. The summed E-state index contributed by atoms with van der Waals surface area (Å²) in [5.41, 5.74) is 12.6. The van der Waals surface area contributed by atoms with E-state index < -0.39 is 0 Å². The van der Waals surface area contributed by atoms with Crippen molar-refractivity contribution in [3.05, 3.63) is 41.7 Å². The van der Waals surface area contributed by atoms with Crippen molar-refractivity contribution < 1.29 is 0 Å². The van der Waals surface area contributed by atoms with E-state index in [-0.39, 0.29) is 17.3 Å². The molecule has 1 aliphatic rings. The van der Waals surface area contributed by atoms with E-state index in [1.807, 2.05) is 6.07 Å². The highest BCUT2D eigenvalue weighted by atomic mass is 15.1.